The Labute approximate surface area is 84.3 Å². The van der Waals surface area contributed by atoms with Crippen LogP contribution in [0.3, 0.4) is 0 Å². The molecular formula is C8H9NO6. The van der Waals surface area contributed by atoms with Crippen molar-refractivity contribution in [1.29, 1.82) is 0 Å². The monoisotopic (exact) mass is 215 g/mol. The molecule has 7 nitrogen and oxygen atoms in total. The van der Waals surface area contributed by atoms with Gasteiger partial charge in [0.15, 0.2) is 0 Å². The molecular weight excluding hydrogens is 206 g/mol. The number of nitro groups is 1. The van der Waals surface area contributed by atoms with E-state index >= 15 is 0 Å². The molecule has 0 saturated carbocycles. The van der Waals surface area contributed by atoms with Crippen LogP contribution in [0.5, 0.6) is 5.75 Å². The zero-order valence-electron chi connectivity index (χ0n) is 7.75. The van der Waals surface area contributed by atoms with Crippen LogP contribution in [-0.4, -0.2) is 27.4 Å². The van der Waals surface area contributed by atoms with Crippen molar-refractivity contribution in [2.24, 2.45) is 0 Å². The highest BCUT2D eigenvalue weighted by Crippen LogP contribution is 2.29. The molecule has 0 radical (unpaired) electrons. The van der Waals surface area contributed by atoms with Crippen molar-refractivity contribution in [2.75, 3.05) is 7.11 Å². The van der Waals surface area contributed by atoms with Crippen molar-refractivity contribution in [1.82, 2.24) is 0 Å². The van der Waals surface area contributed by atoms with Crippen molar-refractivity contribution < 1.29 is 25.0 Å². The zero-order chi connectivity index (χ0) is 11.6. The molecule has 0 aliphatic carbocycles. The van der Waals surface area contributed by atoms with Crippen LogP contribution in [-0.2, 0) is 5.97 Å². The zero-order valence-corrected chi connectivity index (χ0v) is 7.75. The Bertz CT molecular complexity index is 383. The molecule has 1 rings (SSSR count). The minimum absolute atomic E-state index is 0.176. The topological polar surface area (TPSA) is 113 Å². The Morgan fingerprint density at radius 1 is 1.40 bits per heavy atom. The Morgan fingerprint density at radius 2 is 2.00 bits per heavy atom. The first-order valence-electron chi connectivity index (χ1n) is 3.86. The summed E-state index contributed by atoms with van der Waals surface area (Å²) in [4.78, 5) is 9.70. The molecule has 3 N–H and O–H groups in total. The van der Waals surface area contributed by atoms with Gasteiger partial charge in [0, 0.05) is 0 Å². The largest absolute Gasteiger partial charge is 0.497 e. The lowest BCUT2D eigenvalue weighted by molar-refractivity contribution is -0.394. The van der Waals surface area contributed by atoms with E-state index in [-0.39, 0.29) is 5.75 Å². The lowest BCUT2D eigenvalue weighted by Crippen LogP contribution is -2.25. The molecule has 0 aliphatic heterocycles. The van der Waals surface area contributed by atoms with Gasteiger partial charge in [-0.2, -0.15) is 0 Å². The van der Waals surface area contributed by atoms with Crippen molar-refractivity contribution in [3.05, 3.63) is 33.9 Å². The summed E-state index contributed by atoms with van der Waals surface area (Å²) in [5, 5.41) is 37.1. The summed E-state index contributed by atoms with van der Waals surface area (Å²) in [5.74, 6) is -3.07. The average Bonchev–Trinajstić information content (AvgIpc) is 2.15. The van der Waals surface area contributed by atoms with Gasteiger partial charge in [0.05, 0.1) is 18.1 Å². The summed E-state index contributed by atoms with van der Waals surface area (Å²) >= 11 is 0. The van der Waals surface area contributed by atoms with E-state index in [0.29, 0.717) is 0 Å². The van der Waals surface area contributed by atoms with Crippen LogP contribution in [0.1, 0.15) is 5.56 Å². The fourth-order valence-electron chi connectivity index (χ4n) is 1.07. The molecule has 0 aliphatic rings. The van der Waals surface area contributed by atoms with Crippen molar-refractivity contribution in [3.8, 4) is 5.75 Å². The van der Waals surface area contributed by atoms with Gasteiger partial charge in [-0.25, -0.2) is 0 Å². The first-order valence-corrected chi connectivity index (χ1v) is 3.86. The fraction of sp³-hybridized carbons (Fsp3) is 0.250. The molecule has 0 amide bonds. The maximum absolute atomic E-state index is 10.6. The molecule has 0 unspecified atom stereocenters. The van der Waals surface area contributed by atoms with Gasteiger partial charge in [0.25, 0.3) is 5.69 Å². The number of hydrogen-bond donors (Lipinski definition) is 3. The van der Waals surface area contributed by atoms with E-state index in [1.54, 1.807) is 0 Å². The smallest absolute Gasteiger partial charge is 0.311 e. The molecule has 0 spiro atoms. The summed E-state index contributed by atoms with van der Waals surface area (Å²) in [5.41, 5.74) is -1.25. The van der Waals surface area contributed by atoms with Crippen LogP contribution in [0.4, 0.5) is 5.69 Å². The van der Waals surface area contributed by atoms with Crippen molar-refractivity contribution >= 4 is 5.69 Å². The Kier molecular flexibility index (Phi) is 2.89. The van der Waals surface area contributed by atoms with E-state index in [1.807, 2.05) is 0 Å². The van der Waals surface area contributed by atoms with Crippen molar-refractivity contribution in [3.63, 3.8) is 0 Å². The molecule has 1 aromatic rings. The van der Waals surface area contributed by atoms with Gasteiger partial charge in [-0.15, -0.1) is 0 Å². The third-order valence-corrected chi connectivity index (χ3v) is 1.76. The predicted octanol–water partition coefficient (Wildman–Crippen LogP) is -0.309. The maximum Gasteiger partial charge on any atom is 0.311 e. The molecule has 0 fully saturated rings. The number of rotatable bonds is 3. The number of nitrogens with zero attached hydrogens (tertiary/aromatic N) is 1. The lowest BCUT2D eigenvalue weighted by atomic mass is 10.1. The summed E-state index contributed by atoms with van der Waals surface area (Å²) in [6.07, 6.45) is 0. The molecule has 0 saturated heterocycles. The number of aliphatic hydroxyl groups is 3. The third kappa shape index (κ3) is 2.40. The van der Waals surface area contributed by atoms with Gasteiger partial charge >= 0.3 is 5.97 Å². The summed E-state index contributed by atoms with van der Waals surface area (Å²) in [6, 6.07) is 3.24. The van der Waals surface area contributed by atoms with Crippen LogP contribution in [0.2, 0.25) is 0 Å². The molecule has 0 bridgehead atoms. The number of methoxy groups -OCH3 is 1. The number of hydrogen-bond acceptors (Lipinski definition) is 6. The van der Waals surface area contributed by atoms with E-state index in [1.165, 1.54) is 13.2 Å². The van der Waals surface area contributed by atoms with E-state index in [9.17, 15) is 10.1 Å². The SMILES string of the molecule is COc1ccc(C(O)(O)O)c([N+](=O)[O-])c1. The Balaban J connectivity index is 3.34. The van der Waals surface area contributed by atoms with Crippen LogP contribution in [0.25, 0.3) is 0 Å². The predicted molar refractivity (Wildman–Crippen MR) is 48.0 cm³/mol. The Morgan fingerprint density at radius 3 is 2.40 bits per heavy atom. The van der Waals surface area contributed by atoms with Gasteiger partial charge in [-0.3, -0.25) is 10.1 Å². The molecule has 15 heavy (non-hydrogen) atoms. The van der Waals surface area contributed by atoms with Gasteiger partial charge in [0.2, 0.25) is 0 Å². The van der Waals surface area contributed by atoms with Gasteiger partial charge < -0.3 is 20.1 Å². The number of nitro benzene ring substituents is 1. The third-order valence-electron chi connectivity index (χ3n) is 1.76. The highest BCUT2D eigenvalue weighted by Gasteiger charge is 2.31. The first kappa shape index (κ1) is 11.4. The molecule has 7 heteroatoms. The second kappa shape index (κ2) is 3.81. The highest BCUT2D eigenvalue weighted by atomic mass is 16.7. The maximum atomic E-state index is 10.6. The number of ether oxygens (including phenoxy) is 1. The van der Waals surface area contributed by atoms with Crippen LogP contribution < -0.4 is 4.74 Å². The Hall–Kier alpha value is -1.70. The normalized spacial score (nSPS) is 11.2. The lowest BCUT2D eigenvalue weighted by Gasteiger charge is -2.14. The molecule has 1 aromatic carbocycles. The fourth-order valence-corrected chi connectivity index (χ4v) is 1.07. The average molecular weight is 215 g/mol. The molecule has 0 aromatic heterocycles. The standard InChI is InChI=1S/C8H9NO6/c1-15-5-2-3-6(8(10,11)12)7(4-5)9(13)14/h2-4,10-12H,1H3. The summed E-state index contributed by atoms with van der Waals surface area (Å²) in [7, 11) is 1.31. The van der Waals surface area contributed by atoms with Crippen LogP contribution in [0, 0.1) is 10.1 Å². The molecule has 0 heterocycles. The first-order chi connectivity index (χ1) is 6.86. The summed E-state index contributed by atoms with van der Waals surface area (Å²) in [6.45, 7) is 0. The van der Waals surface area contributed by atoms with E-state index in [2.05, 4.69) is 0 Å². The van der Waals surface area contributed by atoms with Crippen molar-refractivity contribution in [2.45, 2.75) is 5.97 Å². The second-order valence-electron chi connectivity index (χ2n) is 2.78. The van der Waals surface area contributed by atoms with Gasteiger partial charge in [0.1, 0.15) is 11.3 Å². The van der Waals surface area contributed by atoms with Gasteiger partial charge in [-0.05, 0) is 12.1 Å². The van der Waals surface area contributed by atoms with E-state index < -0.39 is 22.1 Å². The highest BCUT2D eigenvalue weighted by molar-refractivity contribution is 5.47. The second-order valence-corrected chi connectivity index (χ2v) is 2.78. The number of benzene rings is 1. The molecule has 82 valence electrons. The van der Waals surface area contributed by atoms with E-state index in [0.717, 1.165) is 12.1 Å². The summed E-state index contributed by atoms with van der Waals surface area (Å²) < 4.78 is 4.72. The van der Waals surface area contributed by atoms with Crippen LogP contribution in [0.15, 0.2) is 18.2 Å². The minimum Gasteiger partial charge on any atom is -0.497 e. The van der Waals surface area contributed by atoms with E-state index in [4.69, 9.17) is 20.1 Å². The minimum atomic E-state index is -3.24. The quantitative estimate of drug-likeness (QED) is 0.362. The van der Waals surface area contributed by atoms with Gasteiger partial charge in [-0.1, -0.05) is 0 Å². The van der Waals surface area contributed by atoms with Crippen LogP contribution >= 0.6 is 0 Å². The molecule has 0 atom stereocenters.